The second kappa shape index (κ2) is 14.9. The molecule has 0 saturated heterocycles. The van der Waals surface area contributed by atoms with E-state index in [1.165, 1.54) is 0 Å². The van der Waals surface area contributed by atoms with Gasteiger partial charge in [-0.05, 0) is 22.3 Å². The highest BCUT2D eigenvalue weighted by atomic mass is 16.6. The van der Waals surface area contributed by atoms with Gasteiger partial charge in [-0.15, -0.1) is 0 Å². The number of aliphatic hydroxyl groups is 1. The molecular weight excluding hydrogens is 460 g/mol. The molecule has 0 spiro atoms. The molecular formula is C33H34O4. The van der Waals surface area contributed by atoms with Crippen LogP contribution < -0.4 is 0 Å². The maximum atomic E-state index is 10.4. The molecule has 0 aliphatic rings. The zero-order chi connectivity index (χ0) is 25.5. The van der Waals surface area contributed by atoms with Crippen LogP contribution in [0.15, 0.2) is 127 Å². The summed E-state index contributed by atoms with van der Waals surface area (Å²) in [6.45, 7) is 0.954. The van der Waals surface area contributed by atoms with E-state index in [9.17, 15) is 5.11 Å². The highest BCUT2D eigenvalue weighted by Crippen LogP contribution is 2.20. The molecule has 4 heteroatoms. The molecule has 0 bridgehead atoms. The van der Waals surface area contributed by atoms with Crippen LogP contribution in [0.1, 0.15) is 22.3 Å². The van der Waals surface area contributed by atoms with Crippen LogP contribution in [0, 0.1) is 0 Å². The summed E-state index contributed by atoms with van der Waals surface area (Å²) in [4.78, 5) is 0. The first-order valence-corrected chi connectivity index (χ1v) is 12.6. The average Bonchev–Trinajstić information content (AvgIpc) is 2.97. The number of ether oxygens (including phenoxy) is 3. The van der Waals surface area contributed by atoms with Gasteiger partial charge in [-0.1, -0.05) is 133 Å². The lowest BCUT2D eigenvalue weighted by molar-refractivity contribution is -0.149. The Morgan fingerprint density at radius 1 is 0.541 bits per heavy atom. The van der Waals surface area contributed by atoms with E-state index in [0.29, 0.717) is 19.8 Å². The molecule has 0 fully saturated rings. The fraction of sp³-hybridized carbons (Fsp3) is 0.212. The second-order valence-corrected chi connectivity index (χ2v) is 8.81. The van der Waals surface area contributed by atoms with Crippen LogP contribution in [0.2, 0.25) is 0 Å². The van der Waals surface area contributed by atoms with Crippen molar-refractivity contribution in [1.29, 1.82) is 0 Å². The standard InChI is InChI=1S/C33H34O4/c34-23-32(36-25-29-17-9-3-10-18-29)33(37-26-30-19-11-4-12-20-30)31(22-21-27-13-5-1-6-14-27)35-24-28-15-7-2-8-16-28/h1-22,31-34H,23-26H2/b22-21-/t31-,32+,33+/m1/s1. The van der Waals surface area contributed by atoms with Crippen molar-refractivity contribution < 1.29 is 19.3 Å². The minimum absolute atomic E-state index is 0.198. The smallest absolute Gasteiger partial charge is 0.116 e. The number of rotatable bonds is 14. The van der Waals surface area contributed by atoms with E-state index < -0.39 is 18.3 Å². The molecule has 0 heterocycles. The zero-order valence-corrected chi connectivity index (χ0v) is 20.9. The third-order valence-electron chi connectivity index (χ3n) is 6.03. The van der Waals surface area contributed by atoms with Crippen molar-refractivity contribution in [3.05, 3.63) is 150 Å². The van der Waals surface area contributed by atoms with E-state index in [2.05, 4.69) is 0 Å². The first-order valence-electron chi connectivity index (χ1n) is 12.6. The molecule has 0 aromatic heterocycles. The number of aliphatic hydroxyl groups excluding tert-OH is 1. The van der Waals surface area contributed by atoms with Crippen molar-refractivity contribution >= 4 is 6.08 Å². The molecule has 4 aromatic rings. The Bertz CT molecular complexity index is 1160. The van der Waals surface area contributed by atoms with Crippen molar-refractivity contribution in [2.24, 2.45) is 0 Å². The van der Waals surface area contributed by atoms with Gasteiger partial charge < -0.3 is 19.3 Å². The molecule has 0 aliphatic carbocycles. The zero-order valence-electron chi connectivity index (χ0n) is 20.9. The molecule has 37 heavy (non-hydrogen) atoms. The topological polar surface area (TPSA) is 47.9 Å². The normalized spacial score (nSPS) is 13.9. The molecule has 190 valence electrons. The highest BCUT2D eigenvalue weighted by Gasteiger charge is 2.31. The Balaban J connectivity index is 1.58. The van der Waals surface area contributed by atoms with Gasteiger partial charge in [0.15, 0.2) is 0 Å². The largest absolute Gasteiger partial charge is 0.394 e. The van der Waals surface area contributed by atoms with Crippen LogP contribution in [0.3, 0.4) is 0 Å². The van der Waals surface area contributed by atoms with Crippen molar-refractivity contribution in [2.75, 3.05) is 6.61 Å². The van der Waals surface area contributed by atoms with Crippen molar-refractivity contribution in [3.8, 4) is 0 Å². The van der Waals surface area contributed by atoms with Gasteiger partial charge in [0.1, 0.15) is 18.3 Å². The van der Waals surface area contributed by atoms with Crippen LogP contribution in [-0.4, -0.2) is 30.0 Å². The summed E-state index contributed by atoms with van der Waals surface area (Å²) in [6, 6.07) is 40.1. The monoisotopic (exact) mass is 494 g/mol. The minimum atomic E-state index is -0.592. The second-order valence-electron chi connectivity index (χ2n) is 8.81. The summed E-state index contributed by atoms with van der Waals surface area (Å²) in [6.07, 6.45) is 2.43. The van der Waals surface area contributed by atoms with E-state index in [1.807, 2.05) is 133 Å². The maximum Gasteiger partial charge on any atom is 0.116 e. The van der Waals surface area contributed by atoms with E-state index in [4.69, 9.17) is 14.2 Å². The lowest BCUT2D eigenvalue weighted by Gasteiger charge is -2.31. The third-order valence-corrected chi connectivity index (χ3v) is 6.03. The lowest BCUT2D eigenvalue weighted by Crippen LogP contribution is -2.43. The van der Waals surface area contributed by atoms with E-state index in [0.717, 1.165) is 22.3 Å². The van der Waals surface area contributed by atoms with Gasteiger partial charge in [-0.3, -0.25) is 0 Å². The number of benzene rings is 4. The van der Waals surface area contributed by atoms with E-state index >= 15 is 0 Å². The van der Waals surface area contributed by atoms with Crippen molar-refractivity contribution in [2.45, 2.75) is 38.1 Å². The quantitative estimate of drug-likeness (QED) is 0.219. The Morgan fingerprint density at radius 2 is 0.973 bits per heavy atom. The predicted octanol–water partition coefficient (Wildman–Crippen LogP) is 6.45. The van der Waals surface area contributed by atoms with Crippen LogP contribution in [0.4, 0.5) is 0 Å². The summed E-state index contributed by atoms with van der Waals surface area (Å²) >= 11 is 0. The Kier molecular flexibility index (Phi) is 10.7. The van der Waals surface area contributed by atoms with Gasteiger partial charge in [-0.2, -0.15) is 0 Å². The van der Waals surface area contributed by atoms with Crippen molar-refractivity contribution in [1.82, 2.24) is 0 Å². The molecule has 0 radical (unpaired) electrons. The van der Waals surface area contributed by atoms with Gasteiger partial charge in [0.05, 0.1) is 26.4 Å². The van der Waals surface area contributed by atoms with Gasteiger partial charge in [0, 0.05) is 0 Å². The fourth-order valence-electron chi connectivity index (χ4n) is 4.01. The SMILES string of the molecule is OC[C@H](OCc1ccccc1)[C@@H](OCc1ccccc1)[C@@H](/C=C\c1ccccc1)OCc1ccccc1. The van der Waals surface area contributed by atoms with Crippen LogP contribution >= 0.6 is 0 Å². The molecule has 0 amide bonds. The van der Waals surface area contributed by atoms with Gasteiger partial charge in [0.2, 0.25) is 0 Å². The molecule has 1 N–H and O–H groups in total. The fourth-order valence-corrected chi connectivity index (χ4v) is 4.01. The molecule has 0 unspecified atom stereocenters. The number of hydrogen-bond donors (Lipinski definition) is 1. The number of hydrogen-bond acceptors (Lipinski definition) is 4. The maximum absolute atomic E-state index is 10.4. The van der Waals surface area contributed by atoms with Crippen LogP contribution in [-0.2, 0) is 34.0 Å². The minimum Gasteiger partial charge on any atom is -0.394 e. The van der Waals surface area contributed by atoms with Crippen LogP contribution in [0.5, 0.6) is 0 Å². The summed E-state index contributed by atoms with van der Waals surface area (Å²) in [5, 5.41) is 10.4. The lowest BCUT2D eigenvalue weighted by atomic mass is 10.0. The Labute approximate surface area is 219 Å². The summed E-state index contributed by atoms with van der Waals surface area (Å²) < 4.78 is 19.1. The first-order chi connectivity index (χ1) is 18.3. The average molecular weight is 495 g/mol. The molecule has 4 aromatic carbocycles. The highest BCUT2D eigenvalue weighted by molar-refractivity contribution is 5.49. The summed E-state index contributed by atoms with van der Waals surface area (Å²) in [5.74, 6) is 0. The first kappa shape index (κ1) is 26.5. The molecule has 0 saturated carbocycles. The Hall–Kier alpha value is -3.54. The molecule has 3 atom stereocenters. The molecule has 4 nitrogen and oxygen atoms in total. The molecule has 0 aliphatic heterocycles. The summed E-state index contributed by atoms with van der Waals surface area (Å²) in [5.41, 5.74) is 4.20. The van der Waals surface area contributed by atoms with Gasteiger partial charge in [-0.25, -0.2) is 0 Å². The van der Waals surface area contributed by atoms with Gasteiger partial charge in [0.25, 0.3) is 0 Å². The van der Waals surface area contributed by atoms with E-state index in [-0.39, 0.29) is 6.61 Å². The molecule has 4 rings (SSSR count). The van der Waals surface area contributed by atoms with Crippen molar-refractivity contribution in [3.63, 3.8) is 0 Å². The predicted molar refractivity (Wildman–Crippen MR) is 148 cm³/mol. The van der Waals surface area contributed by atoms with Crippen LogP contribution in [0.25, 0.3) is 6.08 Å². The Morgan fingerprint density at radius 3 is 1.46 bits per heavy atom. The van der Waals surface area contributed by atoms with Gasteiger partial charge >= 0.3 is 0 Å². The summed E-state index contributed by atoms with van der Waals surface area (Å²) in [7, 11) is 0. The van der Waals surface area contributed by atoms with E-state index in [1.54, 1.807) is 0 Å². The third kappa shape index (κ3) is 8.81.